The number of hydrogen-bond acceptors (Lipinski definition) is 3. The van der Waals surface area contributed by atoms with Crippen molar-refractivity contribution in [2.24, 2.45) is 0 Å². The second-order valence-electron chi connectivity index (χ2n) is 3.62. The van der Waals surface area contributed by atoms with E-state index in [1.807, 2.05) is 0 Å². The third-order valence-electron chi connectivity index (χ3n) is 2.40. The van der Waals surface area contributed by atoms with Crippen molar-refractivity contribution in [1.82, 2.24) is 0 Å². The molecule has 1 aliphatic rings. The predicted octanol–water partition coefficient (Wildman–Crippen LogP) is 1.90. The molecule has 1 saturated heterocycles. The first-order valence-electron chi connectivity index (χ1n) is 4.96. The molecule has 3 nitrogen and oxygen atoms in total. The van der Waals surface area contributed by atoms with Crippen LogP contribution >= 0.6 is 0 Å². The second-order valence-corrected chi connectivity index (χ2v) is 3.62. The van der Waals surface area contributed by atoms with Crippen molar-refractivity contribution < 1.29 is 14.3 Å². The minimum atomic E-state index is -0.207. The lowest BCUT2D eigenvalue weighted by Gasteiger charge is -2.34. The fraction of sp³-hybridized carbons (Fsp3) is 0.900. The Bertz CT molecular complexity index is 179. The van der Waals surface area contributed by atoms with Gasteiger partial charge in [0.25, 0.3) is 0 Å². The Morgan fingerprint density at radius 1 is 1.54 bits per heavy atom. The predicted molar refractivity (Wildman–Crippen MR) is 49.4 cm³/mol. The van der Waals surface area contributed by atoms with E-state index in [2.05, 4.69) is 13.8 Å². The van der Waals surface area contributed by atoms with Crippen molar-refractivity contribution in [2.45, 2.75) is 58.3 Å². The fourth-order valence-corrected chi connectivity index (χ4v) is 1.75. The summed E-state index contributed by atoms with van der Waals surface area (Å²) in [5.74, 6) is -0.207. The standard InChI is InChI=1S/C10H18O3/c1-4-9-10(13-8(3)11)6-5-7(2)12-9/h7,9-10H,4-6H2,1-3H3/t7-,9?,10?/m0/s1. The van der Waals surface area contributed by atoms with Crippen molar-refractivity contribution in [1.29, 1.82) is 0 Å². The van der Waals surface area contributed by atoms with Gasteiger partial charge in [-0.25, -0.2) is 0 Å². The molecule has 0 radical (unpaired) electrons. The van der Waals surface area contributed by atoms with Crippen molar-refractivity contribution in [2.75, 3.05) is 0 Å². The second kappa shape index (κ2) is 4.61. The van der Waals surface area contributed by atoms with Gasteiger partial charge in [-0.2, -0.15) is 0 Å². The third kappa shape index (κ3) is 2.99. The van der Waals surface area contributed by atoms with Gasteiger partial charge in [0, 0.05) is 6.92 Å². The van der Waals surface area contributed by atoms with Crippen LogP contribution in [0.3, 0.4) is 0 Å². The van der Waals surface area contributed by atoms with Gasteiger partial charge in [-0.3, -0.25) is 4.79 Å². The van der Waals surface area contributed by atoms with Crippen LogP contribution in [0.1, 0.15) is 40.0 Å². The first-order valence-corrected chi connectivity index (χ1v) is 4.96. The minimum absolute atomic E-state index is 0.0290. The number of ether oxygens (including phenoxy) is 2. The summed E-state index contributed by atoms with van der Waals surface area (Å²) in [5, 5.41) is 0. The Labute approximate surface area is 79.4 Å². The van der Waals surface area contributed by atoms with Crippen LogP contribution in [0.5, 0.6) is 0 Å². The zero-order valence-corrected chi connectivity index (χ0v) is 8.58. The quantitative estimate of drug-likeness (QED) is 0.618. The summed E-state index contributed by atoms with van der Waals surface area (Å²) in [4.78, 5) is 10.8. The maximum Gasteiger partial charge on any atom is 0.302 e. The topological polar surface area (TPSA) is 35.5 Å². The van der Waals surface area contributed by atoms with E-state index in [4.69, 9.17) is 9.47 Å². The molecule has 1 rings (SSSR count). The van der Waals surface area contributed by atoms with Crippen molar-refractivity contribution in [3.63, 3.8) is 0 Å². The first-order chi connectivity index (χ1) is 6.13. The molecular formula is C10H18O3. The van der Waals surface area contributed by atoms with E-state index in [0.717, 1.165) is 19.3 Å². The van der Waals surface area contributed by atoms with Gasteiger partial charge >= 0.3 is 5.97 Å². The molecule has 1 fully saturated rings. The Kier molecular flexibility index (Phi) is 3.72. The molecule has 1 aliphatic heterocycles. The molecule has 0 amide bonds. The molecular weight excluding hydrogens is 168 g/mol. The van der Waals surface area contributed by atoms with Gasteiger partial charge in [0.15, 0.2) is 0 Å². The average Bonchev–Trinajstić information content (AvgIpc) is 2.07. The Hall–Kier alpha value is -0.570. The number of carbonyl (C=O) groups is 1. The summed E-state index contributed by atoms with van der Waals surface area (Å²) >= 11 is 0. The van der Waals surface area contributed by atoms with Gasteiger partial charge in [0.2, 0.25) is 0 Å². The van der Waals surface area contributed by atoms with E-state index >= 15 is 0 Å². The van der Waals surface area contributed by atoms with Crippen LogP contribution in [0.15, 0.2) is 0 Å². The molecule has 0 aromatic heterocycles. The van der Waals surface area contributed by atoms with Crippen LogP contribution in [0.2, 0.25) is 0 Å². The highest BCUT2D eigenvalue weighted by atomic mass is 16.6. The lowest BCUT2D eigenvalue weighted by Crippen LogP contribution is -2.39. The van der Waals surface area contributed by atoms with E-state index < -0.39 is 0 Å². The number of carbonyl (C=O) groups excluding carboxylic acids is 1. The number of esters is 1. The van der Waals surface area contributed by atoms with E-state index in [1.165, 1.54) is 6.92 Å². The highest BCUT2D eigenvalue weighted by molar-refractivity contribution is 5.66. The van der Waals surface area contributed by atoms with Crippen molar-refractivity contribution in [3.05, 3.63) is 0 Å². The fourth-order valence-electron chi connectivity index (χ4n) is 1.75. The van der Waals surface area contributed by atoms with Gasteiger partial charge in [0.05, 0.1) is 12.2 Å². The zero-order valence-electron chi connectivity index (χ0n) is 8.58. The van der Waals surface area contributed by atoms with Crippen LogP contribution in [-0.2, 0) is 14.3 Å². The third-order valence-corrected chi connectivity index (χ3v) is 2.40. The summed E-state index contributed by atoms with van der Waals surface area (Å²) in [6.45, 7) is 5.57. The van der Waals surface area contributed by atoms with Crippen LogP contribution < -0.4 is 0 Å². The molecule has 3 atom stereocenters. The zero-order chi connectivity index (χ0) is 9.84. The molecule has 0 spiro atoms. The number of hydrogen-bond donors (Lipinski definition) is 0. The Balaban J connectivity index is 2.47. The van der Waals surface area contributed by atoms with Crippen LogP contribution in [-0.4, -0.2) is 24.3 Å². The first kappa shape index (κ1) is 10.5. The minimum Gasteiger partial charge on any atom is -0.460 e. The molecule has 0 aliphatic carbocycles. The summed E-state index contributed by atoms with van der Waals surface area (Å²) < 4.78 is 10.9. The van der Waals surface area contributed by atoms with Crippen molar-refractivity contribution >= 4 is 5.97 Å². The molecule has 0 aromatic rings. The maximum atomic E-state index is 10.8. The van der Waals surface area contributed by atoms with Gasteiger partial charge < -0.3 is 9.47 Å². The highest BCUT2D eigenvalue weighted by Crippen LogP contribution is 2.23. The summed E-state index contributed by atoms with van der Waals surface area (Å²) in [6.07, 6.45) is 3.18. The Morgan fingerprint density at radius 2 is 2.23 bits per heavy atom. The maximum absolute atomic E-state index is 10.8. The average molecular weight is 186 g/mol. The SMILES string of the molecule is CCC1O[C@@H](C)CCC1OC(C)=O. The Morgan fingerprint density at radius 3 is 2.77 bits per heavy atom. The monoisotopic (exact) mass is 186 g/mol. The largest absolute Gasteiger partial charge is 0.460 e. The molecule has 1 heterocycles. The van der Waals surface area contributed by atoms with Gasteiger partial charge in [-0.15, -0.1) is 0 Å². The van der Waals surface area contributed by atoms with Crippen LogP contribution in [0.25, 0.3) is 0 Å². The van der Waals surface area contributed by atoms with E-state index in [9.17, 15) is 4.79 Å². The summed E-state index contributed by atoms with van der Waals surface area (Å²) in [7, 11) is 0. The summed E-state index contributed by atoms with van der Waals surface area (Å²) in [6, 6.07) is 0. The lowest BCUT2D eigenvalue weighted by atomic mass is 10.00. The van der Waals surface area contributed by atoms with Crippen LogP contribution in [0, 0.1) is 0 Å². The smallest absolute Gasteiger partial charge is 0.302 e. The molecule has 2 unspecified atom stereocenters. The van der Waals surface area contributed by atoms with E-state index in [0.29, 0.717) is 6.10 Å². The van der Waals surface area contributed by atoms with Gasteiger partial charge in [-0.05, 0) is 26.2 Å². The molecule has 0 N–H and O–H groups in total. The molecule has 76 valence electrons. The molecule has 13 heavy (non-hydrogen) atoms. The van der Waals surface area contributed by atoms with E-state index in [-0.39, 0.29) is 18.2 Å². The van der Waals surface area contributed by atoms with Gasteiger partial charge in [0.1, 0.15) is 6.10 Å². The number of rotatable bonds is 2. The van der Waals surface area contributed by atoms with E-state index in [1.54, 1.807) is 0 Å². The van der Waals surface area contributed by atoms with Gasteiger partial charge in [-0.1, -0.05) is 6.92 Å². The van der Waals surface area contributed by atoms with Crippen molar-refractivity contribution in [3.8, 4) is 0 Å². The summed E-state index contributed by atoms with van der Waals surface area (Å²) in [5.41, 5.74) is 0. The molecule has 0 bridgehead atoms. The molecule has 0 aromatic carbocycles. The normalized spacial score (nSPS) is 34.2. The lowest BCUT2D eigenvalue weighted by molar-refractivity contribution is -0.168. The molecule has 0 saturated carbocycles. The highest BCUT2D eigenvalue weighted by Gasteiger charge is 2.30. The van der Waals surface area contributed by atoms with Crippen LogP contribution in [0.4, 0.5) is 0 Å². The molecule has 3 heteroatoms.